The van der Waals surface area contributed by atoms with Crippen molar-refractivity contribution in [3.63, 3.8) is 0 Å². The van der Waals surface area contributed by atoms with Gasteiger partial charge in [0.15, 0.2) is 5.43 Å². The summed E-state index contributed by atoms with van der Waals surface area (Å²) in [5, 5.41) is 8.98. The molecule has 1 aliphatic rings. The molecule has 2 aromatic carbocycles. The van der Waals surface area contributed by atoms with E-state index in [0.717, 1.165) is 0 Å². The summed E-state index contributed by atoms with van der Waals surface area (Å²) in [6.07, 6.45) is 0. The van der Waals surface area contributed by atoms with E-state index in [9.17, 15) is 9.59 Å². The summed E-state index contributed by atoms with van der Waals surface area (Å²) in [6, 6.07) is 11.2. The van der Waals surface area contributed by atoms with E-state index < -0.39 is 11.9 Å². The minimum atomic E-state index is -0.722. The summed E-state index contributed by atoms with van der Waals surface area (Å²) in [6.45, 7) is 0. The monoisotopic (exact) mass is 425 g/mol. The molecule has 1 aliphatic heterocycles. The summed E-state index contributed by atoms with van der Waals surface area (Å²) >= 11 is 7.28. The molecule has 29 heavy (non-hydrogen) atoms. The van der Waals surface area contributed by atoms with Crippen LogP contribution in [0.5, 0.6) is 5.75 Å². The predicted octanol–water partition coefficient (Wildman–Crippen LogP) is 4.06. The molecule has 1 atom stereocenters. The number of hydrogen-bond acceptors (Lipinski definition) is 7. The van der Waals surface area contributed by atoms with Gasteiger partial charge in [-0.2, -0.15) is 0 Å². The third kappa shape index (κ3) is 2.72. The maximum absolute atomic E-state index is 13.4. The number of carbonyl (C=O) groups excluding carboxylic acids is 1. The van der Waals surface area contributed by atoms with Crippen molar-refractivity contribution < 1.29 is 13.9 Å². The van der Waals surface area contributed by atoms with Gasteiger partial charge in [0, 0.05) is 5.02 Å². The first-order chi connectivity index (χ1) is 14.1. The van der Waals surface area contributed by atoms with Gasteiger partial charge in [-0.05, 0) is 35.9 Å². The number of amides is 1. The molecule has 0 spiro atoms. The number of hydrogen-bond donors (Lipinski definition) is 0. The third-order valence-corrected chi connectivity index (χ3v) is 5.72. The van der Waals surface area contributed by atoms with E-state index in [1.165, 1.54) is 21.7 Å². The standard InChI is InChI=1S/C20H12ClN3O4S/c1-27-12-4-2-3-10(7-12)16-15-17(25)13-8-11(21)5-6-14(13)28-18(15)19(26)24(16)20-23-22-9-29-20/h2-9,16H,1H3. The fourth-order valence-corrected chi connectivity index (χ4v) is 4.30. The fourth-order valence-electron chi connectivity index (χ4n) is 3.54. The lowest BCUT2D eigenvalue weighted by atomic mass is 9.98. The largest absolute Gasteiger partial charge is 0.497 e. The highest BCUT2D eigenvalue weighted by Crippen LogP contribution is 2.42. The maximum atomic E-state index is 13.4. The molecule has 144 valence electrons. The van der Waals surface area contributed by atoms with E-state index in [4.69, 9.17) is 20.8 Å². The number of nitrogens with zero attached hydrogens (tertiary/aromatic N) is 3. The Morgan fingerprint density at radius 2 is 2.07 bits per heavy atom. The van der Waals surface area contributed by atoms with Crippen LogP contribution < -0.4 is 15.1 Å². The summed E-state index contributed by atoms with van der Waals surface area (Å²) in [5.41, 5.74) is 2.46. The van der Waals surface area contributed by atoms with Crippen molar-refractivity contribution in [1.29, 1.82) is 0 Å². The van der Waals surface area contributed by atoms with Crippen LogP contribution in [0, 0.1) is 0 Å². The highest BCUT2D eigenvalue weighted by atomic mass is 35.5. The van der Waals surface area contributed by atoms with Crippen molar-refractivity contribution in [2.24, 2.45) is 0 Å². The van der Waals surface area contributed by atoms with E-state index in [1.807, 2.05) is 6.07 Å². The van der Waals surface area contributed by atoms with Crippen LogP contribution in [0.4, 0.5) is 5.13 Å². The van der Waals surface area contributed by atoms with Crippen molar-refractivity contribution in [3.8, 4) is 5.75 Å². The molecule has 9 heteroatoms. The average Bonchev–Trinajstić information content (AvgIpc) is 3.35. The minimum absolute atomic E-state index is 0.00663. The number of halogens is 1. The first kappa shape index (κ1) is 17.8. The Bertz CT molecular complexity index is 1320. The Kier molecular flexibility index (Phi) is 4.11. The molecule has 1 unspecified atom stereocenters. The number of aromatic nitrogens is 2. The van der Waals surface area contributed by atoms with E-state index in [2.05, 4.69) is 10.2 Å². The van der Waals surface area contributed by atoms with Crippen molar-refractivity contribution in [1.82, 2.24) is 10.2 Å². The number of benzene rings is 2. The first-order valence-electron chi connectivity index (χ1n) is 8.58. The SMILES string of the molecule is COc1cccc(C2c3c(oc4ccc(Cl)cc4c3=O)C(=O)N2c2nncs2)c1. The number of rotatable bonds is 3. The van der Waals surface area contributed by atoms with Crippen molar-refractivity contribution >= 4 is 44.9 Å². The van der Waals surface area contributed by atoms with Gasteiger partial charge in [0.05, 0.1) is 24.1 Å². The fraction of sp³-hybridized carbons (Fsp3) is 0.100. The molecule has 3 heterocycles. The molecule has 0 N–H and O–H groups in total. The Morgan fingerprint density at radius 1 is 1.21 bits per heavy atom. The highest BCUT2D eigenvalue weighted by Gasteiger charge is 2.45. The van der Waals surface area contributed by atoms with Gasteiger partial charge in [-0.3, -0.25) is 14.5 Å². The van der Waals surface area contributed by atoms with E-state index in [-0.39, 0.29) is 16.8 Å². The van der Waals surface area contributed by atoms with Gasteiger partial charge in [-0.15, -0.1) is 10.2 Å². The molecule has 0 fully saturated rings. The molecule has 2 aromatic heterocycles. The molecular weight excluding hydrogens is 414 g/mol. The third-order valence-electron chi connectivity index (χ3n) is 4.80. The summed E-state index contributed by atoms with van der Waals surface area (Å²) in [7, 11) is 1.55. The second-order valence-electron chi connectivity index (χ2n) is 6.39. The van der Waals surface area contributed by atoms with Gasteiger partial charge in [-0.1, -0.05) is 35.1 Å². The van der Waals surface area contributed by atoms with E-state index >= 15 is 0 Å². The van der Waals surface area contributed by atoms with Crippen LogP contribution in [0.15, 0.2) is 57.2 Å². The van der Waals surface area contributed by atoms with Crippen LogP contribution >= 0.6 is 22.9 Å². The van der Waals surface area contributed by atoms with Crippen LogP contribution in [0.1, 0.15) is 27.7 Å². The zero-order valence-corrected chi connectivity index (χ0v) is 16.5. The lowest BCUT2D eigenvalue weighted by molar-refractivity contribution is 0.0970. The number of carbonyl (C=O) groups is 1. The normalized spacial score (nSPS) is 15.7. The quantitative estimate of drug-likeness (QED) is 0.492. The van der Waals surface area contributed by atoms with E-state index in [0.29, 0.717) is 32.4 Å². The minimum Gasteiger partial charge on any atom is -0.497 e. The Labute approximate surface area is 173 Å². The summed E-state index contributed by atoms with van der Waals surface area (Å²) in [5.74, 6) is 0.153. The summed E-state index contributed by atoms with van der Waals surface area (Å²) in [4.78, 5) is 28.1. The van der Waals surface area contributed by atoms with Crippen molar-refractivity contribution in [3.05, 3.63) is 80.1 Å². The van der Waals surface area contributed by atoms with Crippen LogP contribution in [-0.2, 0) is 0 Å². The second kappa shape index (κ2) is 6.68. The predicted molar refractivity (Wildman–Crippen MR) is 109 cm³/mol. The molecular formula is C20H12ClN3O4S. The topological polar surface area (TPSA) is 85.5 Å². The zero-order valence-electron chi connectivity index (χ0n) is 15.0. The molecule has 0 saturated carbocycles. The van der Waals surface area contributed by atoms with Crippen LogP contribution in [0.3, 0.4) is 0 Å². The van der Waals surface area contributed by atoms with Gasteiger partial charge in [-0.25, -0.2) is 0 Å². The Balaban J connectivity index is 1.83. The smallest absolute Gasteiger partial charge is 0.297 e. The van der Waals surface area contributed by atoms with Crippen LogP contribution in [-0.4, -0.2) is 23.2 Å². The van der Waals surface area contributed by atoms with Gasteiger partial charge >= 0.3 is 0 Å². The van der Waals surface area contributed by atoms with Crippen LogP contribution in [0.2, 0.25) is 5.02 Å². The molecule has 0 radical (unpaired) electrons. The Morgan fingerprint density at radius 3 is 2.83 bits per heavy atom. The Hall–Kier alpha value is -3.23. The van der Waals surface area contributed by atoms with Crippen molar-refractivity contribution in [2.45, 2.75) is 6.04 Å². The van der Waals surface area contributed by atoms with Gasteiger partial charge in [0.25, 0.3) is 5.91 Å². The maximum Gasteiger partial charge on any atom is 0.297 e. The average molecular weight is 426 g/mol. The molecule has 4 aromatic rings. The lowest BCUT2D eigenvalue weighted by Crippen LogP contribution is -2.29. The second-order valence-corrected chi connectivity index (χ2v) is 7.64. The number of methoxy groups -OCH3 is 1. The molecule has 7 nitrogen and oxygen atoms in total. The summed E-state index contributed by atoms with van der Waals surface area (Å²) < 4.78 is 11.2. The molecule has 0 bridgehead atoms. The van der Waals surface area contributed by atoms with Gasteiger partial charge < -0.3 is 9.15 Å². The van der Waals surface area contributed by atoms with Gasteiger partial charge in [0.2, 0.25) is 10.9 Å². The zero-order chi connectivity index (χ0) is 20.1. The van der Waals surface area contributed by atoms with Gasteiger partial charge in [0.1, 0.15) is 16.8 Å². The highest BCUT2D eigenvalue weighted by molar-refractivity contribution is 7.13. The van der Waals surface area contributed by atoms with Crippen molar-refractivity contribution in [2.75, 3.05) is 12.0 Å². The molecule has 1 amide bonds. The first-order valence-corrected chi connectivity index (χ1v) is 9.84. The number of anilines is 1. The number of ether oxygens (including phenoxy) is 1. The molecule has 5 rings (SSSR count). The van der Waals surface area contributed by atoms with E-state index in [1.54, 1.807) is 43.5 Å². The molecule has 0 saturated heterocycles. The number of fused-ring (bicyclic) bond motifs is 2. The molecule has 0 aliphatic carbocycles. The lowest BCUT2D eigenvalue weighted by Gasteiger charge is -2.22. The van der Waals surface area contributed by atoms with Crippen LogP contribution in [0.25, 0.3) is 11.0 Å².